The zero-order valence-corrected chi connectivity index (χ0v) is 13.6. The van der Waals surface area contributed by atoms with Gasteiger partial charge in [-0.3, -0.25) is 4.79 Å². The van der Waals surface area contributed by atoms with Crippen molar-refractivity contribution in [2.24, 2.45) is 0 Å². The Kier molecular flexibility index (Phi) is 4.46. The van der Waals surface area contributed by atoms with Crippen LogP contribution in [0.3, 0.4) is 0 Å². The van der Waals surface area contributed by atoms with Crippen LogP contribution >= 0.6 is 23.2 Å². The smallest absolute Gasteiger partial charge is 0.341 e. The van der Waals surface area contributed by atoms with Crippen molar-refractivity contribution in [1.82, 2.24) is 0 Å². The minimum atomic E-state index is -1.21. The molecule has 1 N–H and O–H groups in total. The number of benzene rings is 2. The van der Waals surface area contributed by atoms with E-state index in [4.69, 9.17) is 37.5 Å². The van der Waals surface area contributed by atoms with Gasteiger partial charge in [0.25, 0.3) is 0 Å². The van der Waals surface area contributed by atoms with Gasteiger partial charge < -0.3 is 14.3 Å². The molecular weight excluding hydrogens is 355 g/mol. The molecule has 0 radical (unpaired) electrons. The van der Waals surface area contributed by atoms with Gasteiger partial charge in [0.05, 0.1) is 10.4 Å². The number of carboxylic acids is 1. The molecule has 122 valence electrons. The molecule has 0 aliphatic rings. The van der Waals surface area contributed by atoms with Gasteiger partial charge in [-0.2, -0.15) is 0 Å². The van der Waals surface area contributed by atoms with Gasteiger partial charge in [-0.05, 0) is 12.1 Å². The summed E-state index contributed by atoms with van der Waals surface area (Å²) in [5.74, 6) is -1.30. The lowest BCUT2D eigenvalue weighted by Gasteiger charge is -2.11. The summed E-state index contributed by atoms with van der Waals surface area (Å²) < 4.78 is 10.9. The third-order valence-electron chi connectivity index (χ3n) is 3.25. The van der Waals surface area contributed by atoms with E-state index < -0.39 is 18.0 Å². The first-order valence-electron chi connectivity index (χ1n) is 6.83. The Labute approximate surface area is 146 Å². The Hall–Kier alpha value is -2.50. The molecule has 3 rings (SSSR count). The van der Waals surface area contributed by atoms with Crippen molar-refractivity contribution in [2.45, 2.75) is 0 Å². The molecule has 0 amide bonds. The lowest BCUT2D eigenvalue weighted by molar-refractivity contribution is -0.139. The Morgan fingerprint density at radius 3 is 2.54 bits per heavy atom. The molecule has 1 aromatic heterocycles. The Morgan fingerprint density at radius 2 is 1.88 bits per heavy atom. The van der Waals surface area contributed by atoms with Crippen LogP contribution in [-0.2, 0) is 4.79 Å². The van der Waals surface area contributed by atoms with Crippen molar-refractivity contribution >= 4 is 40.1 Å². The average Bonchev–Trinajstić information content (AvgIpc) is 2.55. The monoisotopic (exact) mass is 364 g/mol. The van der Waals surface area contributed by atoms with Crippen LogP contribution in [0.15, 0.2) is 51.7 Å². The van der Waals surface area contributed by atoms with Crippen LogP contribution in [0, 0.1) is 0 Å². The second-order valence-electron chi connectivity index (χ2n) is 4.90. The normalized spacial score (nSPS) is 10.8. The maximum Gasteiger partial charge on any atom is 0.341 e. The molecule has 0 aliphatic heterocycles. The Morgan fingerprint density at radius 1 is 1.17 bits per heavy atom. The van der Waals surface area contributed by atoms with Gasteiger partial charge in [0, 0.05) is 10.6 Å². The molecule has 0 aliphatic carbocycles. The molecule has 0 spiro atoms. The number of aliphatic carboxylic acids is 1. The van der Waals surface area contributed by atoms with Gasteiger partial charge >= 0.3 is 5.97 Å². The molecule has 24 heavy (non-hydrogen) atoms. The topological polar surface area (TPSA) is 76.7 Å². The van der Waals surface area contributed by atoms with Crippen LogP contribution in [0.25, 0.3) is 22.3 Å². The SMILES string of the molecule is O=C(O)COc1c(-c2ccccc2)oc2c(Cl)cc(Cl)cc2c1=O. The molecule has 3 aromatic rings. The fourth-order valence-electron chi connectivity index (χ4n) is 2.25. The number of ether oxygens (including phenoxy) is 1. The maximum atomic E-state index is 12.7. The largest absolute Gasteiger partial charge is 0.479 e. The van der Waals surface area contributed by atoms with Gasteiger partial charge in [-0.1, -0.05) is 53.5 Å². The highest BCUT2D eigenvalue weighted by atomic mass is 35.5. The van der Waals surface area contributed by atoms with E-state index in [0.29, 0.717) is 5.56 Å². The van der Waals surface area contributed by atoms with Crippen molar-refractivity contribution in [3.05, 3.63) is 62.7 Å². The predicted molar refractivity (Wildman–Crippen MR) is 91.1 cm³/mol. The molecule has 0 saturated heterocycles. The first-order chi connectivity index (χ1) is 11.5. The van der Waals surface area contributed by atoms with Crippen molar-refractivity contribution in [2.75, 3.05) is 6.61 Å². The number of carbonyl (C=O) groups is 1. The fraction of sp³-hybridized carbons (Fsp3) is 0.0588. The molecule has 2 aromatic carbocycles. The molecular formula is C17H10Cl2O5. The molecule has 0 fully saturated rings. The number of hydrogen-bond donors (Lipinski definition) is 1. The summed E-state index contributed by atoms with van der Waals surface area (Å²) in [5, 5.41) is 9.38. The fourth-order valence-corrected chi connectivity index (χ4v) is 2.78. The Balaban J connectivity index is 2.33. The van der Waals surface area contributed by atoms with E-state index >= 15 is 0 Å². The zero-order valence-electron chi connectivity index (χ0n) is 12.1. The van der Waals surface area contributed by atoms with Crippen LogP contribution in [0.1, 0.15) is 0 Å². The number of carboxylic acid groups (broad SMARTS) is 1. The molecule has 0 atom stereocenters. The summed E-state index contributed by atoms with van der Waals surface area (Å²) in [4.78, 5) is 23.5. The summed E-state index contributed by atoms with van der Waals surface area (Å²) >= 11 is 12.1. The third kappa shape index (κ3) is 3.09. The first kappa shape index (κ1) is 16.4. The summed E-state index contributed by atoms with van der Waals surface area (Å²) in [6.45, 7) is -0.676. The maximum absolute atomic E-state index is 12.7. The number of fused-ring (bicyclic) bond motifs is 1. The molecule has 5 nitrogen and oxygen atoms in total. The van der Waals surface area contributed by atoms with Crippen molar-refractivity contribution in [3.63, 3.8) is 0 Å². The third-order valence-corrected chi connectivity index (χ3v) is 3.74. The average molecular weight is 365 g/mol. The van der Waals surface area contributed by atoms with E-state index in [-0.39, 0.29) is 32.5 Å². The molecule has 0 bridgehead atoms. The number of halogens is 2. The standard InChI is InChI=1S/C17H10Cl2O5/c18-10-6-11-14(22)17(23-8-13(20)21)15(9-4-2-1-3-5-9)24-16(11)12(19)7-10/h1-7H,8H2,(H,20,21). The second-order valence-corrected chi connectivity index (χ2v) is 5.75. The summed E-state index contributed by atoms with van der Waals surface area (Å²) in [6.07, 6.45) is 0. The van der Waals surface area contributed by atoms with Gasteiger partial charge in [0.2, 0.25) is 11.2 Å². The van der Waals surface area contributed by atoms with Crippen LogP contribution in [0.4, 0.5) is 0 Å². The second kappa shape index (κ2) is 6.55. The quantitative estimate of drug-likeness (QED) is 0.749. The highest BCUT2D eigenvalue weighted by Gasteiger charge is 2.20. The van der Waals surface area contributed by atoms with Crippen LogP contribution < -0.4 is 10.2 Å². The Bertz CT molecular complexity index is 980. The van der Waals surface area contributed by atoms with Gasteiger partial charge in [-0.25, -0.2) is 4.79 Å². The summed E-state index contributed by atoms with van der Waals surface area (Å²) in [7, 11) is 0. The summed E-state index contributed by atoms with van der Waals surface area (Å²) in [6, 6.07) is 11.6. The van der Waals surface area contributed by atoms with E-state index in [1.807, 2.05) is 0 Å². The van der Waals surface area contributed by atoms with Crippen LogP contribution in [0.5, 0.6) is 5.75 Å². The van der Waals surface area contributed by atoms with E-state index in [0.717, 1.165) is 0 Å². The molecule has 0 saturated carbocycles. The predicted octanol–water partition coefficient (Wildman–Crippen LogP) is 4.23. The van der Waals surface area contributed by atoms with Crippen LogP contribution in [0.2, 0.25) is 10.0 Å². The van der Waals surface area contributed by atoms with Gasteiger partial charge in [0.1, 0.15) is 0 Å². The zero-order chi connectivity index (χ0) is 17.3. The number of hydrogen-bond acceptors (Lipinski definition) is 4. The van der Waals surface area contributed by atoms with E-state index in [2.05, 4.69) is 0 Å². The van der Waals surface area contributed by atoms with E-state index in [9.17, 15) is 9.59 Å². The minimum Gasteiger partial charge on any atom is -0.479 e. The molecule has 0 unspecified atom stereocenters. The van der Waals surface area contributed by atoms with Gasteiger partial charge in [-0.15, -0.1) is 0 Å². The van der Waals surface area contributed by atoms with E-state index in [1.165, 1.54) is 12.1 Å². The van der Waals surface area contributed by atoms with Crippen molar-refractivity contribution in [1.29, 1.82) is 0 Å². The van der Waals surface area contributed by atoms with Crippen molar-refractivity contribution in [3.8, 4) is 17.1 Å². The first-order valence-corrected chi connectivity index (χ1v) is 7.59. The molecule has 1 heterocycles. The summed E-state index contributed by atoms with van der Waals surface area (Å²) in [5.41, 5.74) is 0.177. The van der Waals surface area contributed by atoms with Crippen molar-refractivity contribution < 1.29 is 19.1 Å². The minimum absolute atomic E-state index is 0.110. The van der Waals surface area contributed by atoms with E-state index in [1.54, 1.807) is 30.3 Å². The highest BCUT2D eigenvalue weighted by Crippen LogP contribution is 2.34. The van der Waals surface area contributed by atoms with Crippen LogP contribution in [-0.4, -0.2) is 17.7 Å². The highest BCUT2D eigenvalue weighted by molar-refractivity contribution is 6.38. The lowest BCUT2D eigenvalue weighted by atomic mass is 10.1. The number of rotatable bonds is 4. The molecule has 7 heteroatoms. The van der Waals surface area contributed by atoms with Gasteiger partial charge in [0.15, 0.2) is 18.0 Å². The lowest BCUT2D eigenvalue weighted by Crippen LogP contribution is -2.16.